The minimum atomic E-state index is -0.550. The van der Waals surface area contributed by atoms with E-state index in [-0.39, 0.29) is 16.7 Å². The fraction of sp³-hybridized carbons (Fsp3) is 0.125. The maximum absolute atomic E-state index is 13.4. The summed E-state index contributed by atoms with van der Waals surface area (Å²) in [6.45, 7) is 2.21. The number of anilines is 1. The summed E-state index contributed by atoms with van der Waals surface area (Å²) in [6.07, 6.45) is 0. The summed E-state index contributed by atoms with van der Waals surface area (Å²) in [5.41, 5.74) is 2.06. The Bertz CT molecular complexity index is 1270. The molecule has 3 aromatic carbocycles. The van der Waals surface area contributed by atoms with Crippen molar-refractivity contribution in [1.82, 2.24) is 14.8 Å². The predicted octanol–water partition coefficient (Wildman–Crippen LogP) is 6.04. The smallest absolute Gasteiger partial charge is 0.237 e. The molecule has 168 valence electrons. The fourth-order valence-electron chi connectivity index (χ4n) is 3.13. The molecule has 0 saturated heterocycles. The van der Waals surface area contributed by atoms with Crippen molar-refractivity contribution in [3.63, 3.8) is 0 Å². The van der Waals surface area contributed by atoms with E-state index in [0.717, 1.165) is 11.6 Å². The van der Waals surface area contributed by atoms with Crippen molar-refractivity contribution in [2.24, 2.45) is 0 Å². The largest absolute Gasteiger partial charge is 0.324 e. The van der Waals surface area contributed by atoms with E-state index in [4.69, 9.17) is 11.6 Å². The van der Waals surface area contributed by atoms with Gasteiger partial charge in [0.15, 0.2) is 11.0 Å². The van der Waals surface area contributed by atoms with Crippen LogP contribution in [0.3, 0.4) is 0 Å². The Morgan fingerprint density at radius 1 is 1.03 bits per heavy atom. The quantitative estimate of drug-likeness (QED) is 0.325. The second kappa shape index (κ2) is 10.1. The van der Waals surface area contributed by atoms with Gasteiger partial charge in [-0.15, -0.1) is 10.2 Å². The van der Waals surface area contributed by atoms with Crippen molar-refractivity contribution < 1.29 is 13.6 Å². The van der Waals surface area contributed by atoms with Crippen LogP contribution in [-0.4, -0.2) is 25.9 Å². The molecule has 1 atom stereocenters. The van der Waals surface area contributed by atoms with Crippen LogP contribution in [-0.2, 0) is 11.3 Å². The number of hydrogen-bond acceptors (Lipinski definition) is 4. The summed E-state index contributed by atoms with van der Waals surface area (Å²) < 4.78 is 28.6. The molecule has 1 unspecified atom stereocenters. The summed E-state index contributed by atoms with van der Waals surface area (Å²) in [5, 5.41) is 11.4. The standard InChI is InChI=1S/C24H19ClF2N4OS/c1-15(23(32)28-21-12-11-19(27)13-20(21)25)33-24-30-29-22(17-7-9-18(26)10-8-17)31(24)14-16-5-3-2-4-6-16/h2-13,15H,14H2,1H3,(H,28,32). The Morgan fingerprint density at radius 3 is 2.42 bits per heavy atom. The number of halogens is 3. The predicted molar refractivity (Wildman–Crippen MR) is 126 cm³/mol. The summed E-state index contributed by atoms with van der Waals surface area (Å²) >= 11 is 7.25. The third kappa shape index (κ3) is 5.58. The van der Waals surface area contributed by atoms with Crippen molar-refractivity contribution in [1.29, 1.82) is 0 Å². The number of hydrogen-bond donors (Lipinski definition) is 1. The SMILES string of the molecule is CC(Sc1nnc(-c2ccc(F)cc2)n1Cc1ccccc1)C(=O)Nc1ccc(F)cc1Cl. The first kappa shape index (κ1) is 22.9. The van der Waals surface area contributed by atoms with Crippen LogP contribution in [0.4, 0.5) is 14.5 Å². The Morgan fingerprint density at radius 2 is 1.73 bits per heavy atom. The van der Waals surface area contributed by atoms with E-state index in [1.165, 1.54) is 36.0 Å². The van der Waals surface area contributed by atoms with Crippen LogP contribution in [0, 0.1) is 11.6 Å². The van der Waals surface area contributed by atoms with Gasteiger partial charge in [0.25, 0.3) is 0 Å². The Hall–Kier alpha value is -3.23. The molecule has 1 amide bonds. The molecule has 0 bridgehead atoms. The number of amides is 1. The molecule has 4 rings (SSSR count). The van der Waals surface area contributed by atoms with Crippen LogP contribution in [0.1, 0.15) is 12.5 Å². The summed E-state index contributed by atoms with van der Waals surface area (Å²) in [6, 6.07) is 19.6. The molecule has 0 spiro atoms. The third-order valence-corrected chi connectivity index (χ3v) is 6.24. The Balaban J connectivity index is 1.59. The van der Waals surface area contributed by atoms with Crippen molar-refractivity contribution in [3.05, 3.63) is 95.0 Å². The van der Waals surface area contributed by atoms with Gasteiger partial charge in [0.05, 0.1) is 22.5 Å². The molecule has 33 heavy (non-hydrogen) atoms. The molecule has 5 nitrogen and oxygen atoms in total. The minimum absolute atomic E-state index is 0.117. The number of nitrogens with zero attached hydrogens (tertiary/aromatic N) is 3. The van der Waals surface area contributed by atoms with Crippen LogP contribution < -0.4 is 5.32 Å². The Kier molecular flexibility index (Phi) is 7.05. The summed E-state index contributed by atoms with van der Waals surface area (Å²) in [5.74, 6) is -0.573. The van der Waals surface area contributed by atoms with Crippen molar-refractivity contribution >= 4 is 35.0 Å². The lowest BCUT2D eigenvalue weighted by Gasteiger charge is -2.14. The van der Waals surface area contributed by atoms with Gasteiger partial charge in [0.2, 0.25) is 5.91 Å². The number of aromatic nitrogens is 3. The zero-order valence-electron chi connectivity index (χ0n) is 17.5. The van der Waals surface area contributed by atoms with Gasteiger partial charge in [0, 0.05) is 5.56 Å². The number of benzene rings is 3. The molecule has 1 aromatic heterocycles. The number of nitrogens with one attached hydrogen (secondary N) is 1. The third-order valence-electron chi connectivity index (χ3n) is 4.84. The minimum Gasteiger partial charge on any atom is -0.324 e. The summed E-state index contributed by atoms with van der Waals surface area (Å²) in [4.78, 5) is 12.8. The van der Waals surface area contributed by atoms with E-state index in [2.05, 4.69) is 15.5 Å². The lowest BCUT2D eigenvalue weighted by Crippen LogP contribution is -2.23. The van der Waals surface area contributed by atoms with Gasteiger partial charge >= 0.3 is 0 Å². The molecule has 9 heteroatoms. The molecular formula is C24H19ClF2N4OS. The molecule has 1 heterocycles. The van der Waals surface area contributed by atoms with Gasteiger partial charge < -0.3 is 5.32 Å². The van der Waals surface area contributed by atoms with E-state index in [0.29, 0.717) is 28.8 Å². The second-order valence-electron chi connectivity index (χ2n) is 7.26. The van der Waals surface area contributed by atoms with Crippen molar-refractivity contribution in [3.8, 4) is 11.4 Å². The van der Waals surface area contributed by atoms with Crippen molar-refractivity contribution in [2.75, 3.05) is 5.32 Å². The average Bonchev–Trinajstić information content (AvgIpc) is 3.18. The highest BCUT2D eigenvalue weighted by atomic mass is 35.5. The van der Waals surface area contributed by atoms with Gasteiger partial charge in [-0.3, -0.25) is 9.36 Å². The summed E-state index contributed by atoms with van der Waals surface area (Å²) in [7, 11) is 0. The number of rotatable bonds is 7. The molecule has 0 saturated carbocycles. The highest BCUT2D eigenvalue weighted by molar-refractivity contribution is 8.00. The van der Waals surface area contributed by atoms with Gasteiger partial charge in [-0.25, -0.2) is 8.78 Å². The lowest BCUT2D eigenvalue weighted by atomic mass is 10.2. The van der Waals surface area contributed by atoms with E-state index in [1.54, 1.807) is 19.1 Å². The van der Waals surface area contributed by atoms with Gasteiger partial charge in [-0.05, 0) is 55.0 Å². The molecule has 0 aliphatic heterocycles. The van der Waals surface area contributed by atoms with Gasteiger partial charge in [0.1, 0.15) is 11.6 Å². The zero-order chi connectivity index (χ0) is 23.4. The van der Waals surface area contributed by atoms with Crippen LogP contribution >= 0.6 is 23.4 Å². The van der Waals surface area contributed by atoms with Crippen LogP contribution in [0.25, 0.3) is 11.4 Å². The maximum atomic E-state index is 13.4. The molecule has 0 fully saturated rings. The highest BCUT2D eigenvalue weighted by Gasteiger charge is 2.22. The van der Waals surface area contributed by atoms with E-state index in [9.17, 15) is 13.6 Å². The van der Waals surface area contributed by atoms with Gasteiger partial charge in [-0.1, -0.05) is 53.7 Å². The topological polar surface area (TPSA) is 59.8 Å². The van der Waals surface area contributed by atoms with E-state index >= 15 is 0 Å². The monoisotopic (exact) mass is 484 g/mol. The first-order valence-corrected chi connectivity index (χ1v) is 11.3. The second-order valence-corrected chi connectivity index (χ2v) is 8.97. The molecule has 1 N–H and O–H groups in total. The average molecular weight is 485 g/mol. The van der Waals surface area contributed by atoms with E-state index < -0.39 is 11.1 Å². The normalized spacial score (nSPS) is 11.9. The molecule has 0 aliphatic rings. The van der Waals surface area contributed by atoms with Crippen LogP contribution in [0.5, 0.6) is 0 Å². The van der Waals surface area contributed by atoms with Crippen LogP contribution in [0.15, 0.2) is 78.0 Å². The fourth-order valence-corrected chi connectivity index (χ4v) is 4.20. The molecule has 0 radical (unpaired) electrons. The number of carbonyl (C=O) groups is 1. The maximum Gasteiger partial charge on any atom is 0.237 e. The Labute approximate surface area is 198 Å². The molecular weight excluding hydrogens is 466 g/mol. The first-order chi connectivity index (χ1) is 15.9. The highest BCUT2D eigenvalue weighted by Crippen LogP contribution is 2.29. The van der Waals surface area contributed by atoms with Gasteiger partial charge in [-0.2, -0.15) is 0 Å². The molecule has 0 aliphatic carbocycles. The number of thioether (sulfide) groups is 1. The molecule has 4 aromatic rings. The van der Waals surface area contributed by atoms with E-state index in [1.807, 2.05) is 34.9 Å². The lowest BCUT2D eigenvalue weighted by molar-refractivity contribution is -0.115. The first-order valence-electron chi connectivity index (χ1n) is 10.1. The van der Waals surface area contributed by atoms with Crippen molar-refractivity contribution in [2.45, 2.75) is 23.9 Å². The zero-order valence-corrected chi connectivity index (χ0v) is 19.1. The number of carbonyl (C=O) groups excluding carboxylic acids is 1. The van der Waals surface area contributed by atoms with Crippen LogP contribution in [0.2, 0.25) is 5.02 Å².